The van der Waals surface area contributed by atoms with Crippen LogP contribution < -0.4 is 11.1 Å². The molecule has 0 bridgehead atoms. The predicted octanol–water partition coefficient (Wildman–Crippen LogP) is 0.395. The lowest BCUT2D eigenvalue weighted by atomic mass is 10.1. The van der Waals surface area contributed by atoms with Crippen molar-refractivity contribution in [3.05, 3.63) is 35.4 Å². The van der Waals surface area contributed by atoms with Crippen LogP contribution in [0.1, 0.15) is 33.6 Å². The minimum Gasteiger partial charge on any atom is -0.480 e. The van der Waals surface area contributed by atoms with E-state index in [2.05, 4.69) is 5.32 Å². The third-order valence-corrected chi connectivity index (χ3v) is 2.85. The van der Waals surface area contributed by atoms with E-state index in [0.29, 0.717) is 13.0 Å². The molecule has 0 aliphatic carbocycles. The summed E-state index contributed by atoms with van der Waals surface area (Å²) in [5.74, 6) is -2.34. The fraction of sp³-hybridized carbons (Fsp3) is 0.357. The van der Waals surface area contributed by atoms with E-state index in [1.165, 1.54) is 31.4 Å². The molecule has 1 aromatic rings. The highest BCUT2D eigenvalue weighted by atomic mass is 16.5. The molecule has 4 N–H and O–H groups in total. The van der Waals surface area contributed by atoms with E-state index in [-0.39, 0.29) is 17.5 Å². The maximum atomic E-state index is 12.0. The lowest BCUT2D eigenvalue weighted by Gasteiger charge is -2.14. The average molecular weight is 294 g/mol. The number of nitrogens with two attached hydrogens (primary N) is 1. The Kier molecular flexibility index (Phi) is 6.35. The maximum Gasteiger partial charge on any atom is 0.326 e. The van der Waals surface area contributed by atoms with Gasteiger partial charge in [0.05, 0.1) is 0 Å². The largest absolute Gasteiger partial charge is 0.480 e. The molecule has 0 aliphatic rings. The number of hydrogen-bond donors (Lipinski definition) is 3. The summed E-state index contributed by atoms with van der Waals surface area (Å²) in [7, 11) is 1.52. The van der Waals surface area contributed by atoms with Crippen molar-refractivity contribution in [2.45, 2.75) is 18.9 Å². The highest BCUT2D eigenvalue weighted by Gasteiger charge is 2.20. The number of hydrogen-bond acceptors (Lipinski definition) is 4. The number of carbonyl (C=O) groups excluding carboxylic acids is 2. The van der Waals surface area contributed by atoms with Gasteiger partial charge < -0.3 is 20.9 Å². The Morgan fingerprint density at radius 2 is 2.00 bits per heavy atom. The van der Waals surface area contributed by atoms with Crippen LogP contribution in [0.5, 0.6) is 0 Å². The van der Waals surface area contributed by atoms with Crippen LogP contribution in [0.4, 0.5) is 0 Å². The number of ether oxygens (including phenoxy) is 1. The third kappa shape index (κ3) is 5.23. The van der Waals surface area contributed by atoms with E-state index < -0.39 is 23.8 Å². The lowest BCUT2D eigenvalue weighted by molar-refractivity contribution is -0.139. The van der Waals surface area contributed by atoms with Crippen LogP contribution in [0, 0.1) is 0 Å². The topological polar surface area (TPSA) is 119 Å². The highest BCUT2D eigenvalue weighted by molar-refractivity contribution is 6.00. The lowest BCUT2D eigenvalue weighted by Crippen LogP contribution is -2.41. The van der Waals surface area contributed by atoms with Crippen LogP contribution in [-0.2, 0) is 9.53 Å². The summed E-state index contributed by atoms with van der Waals surface area (Å²) in [4.78, 5) is 34.2. The molecule has 1 aromatic carbocycles. The Labute approximate surface area is 122 Å². The number of carboxylic acids is 1. The zero-order valence-electron chi connectivity index (χ0n) is 11.7. The smallest absolute Gasteiger partial charge is 0.326 e. The molecule has 1 atom stereocenters. The van der Waals surface area contributed by atoms with Gasteiger partial charge in [0, 0.05) is 24.8 Å². The summed E-state index contributed by atoms with van der Waals surface area (Å²) in [6, 6.07) is 4.79. The van der Waals surface area contributed by atoms with Gasteiger partial charge in [0.1, 0.15) is 6.04 Å². The van der Waals surface area contributed by atoms with Gasteiger partial charge in [0.25, 0.3) is 5.91 Å². The Hall–Kier alpha value is -2.41. The molecule has 1 rings (SSSR count). The van der Waals surface area contributed by atoms with Crippen molar-refractivity contribution >= 4 is 17.8 Å². The number of aliphatic carboxylic acids is 1. The van der Waals surface area contributed by atoms with Crippen molar-refractivity contribution in [2.75, 3.05) is 13.7 Å². The van der Waals surface area contributed by atoms with Gasteiger partial charge >= 0.3 is 5.97 Å². The van der Waals surface area contributed by atoms with Gasteiger partial charge in [0.15, 0.2) is 0 Å². The Morgan fingerprint density at radius 1 is 1.33 bits per heavy atom. The first-order valence-electron chi connectivity index (χ1n) is 6.38. The van der Waals surface area contributed by atoms with E-state index in [1.54, 1.807) is 0 Å². The highest BCUT2D eigenvalue weighted by Crippen LogP contribution is 2.06. The molecule has 1 unspecified atom stereocenters. The number of primary amides is 1. The number of rotatable bonds is 8. The molecule has 0 spiro atoms. The van der Waals surface area contributed by atoms with E-state index in [9.17, 15) is 14.4 Å². The van der Waals surface area contributed by atoms with Crippen LogP contribution in [0.25, 0.3) is 0 Å². The summed E-state index contributed by atoms with van der Waals surface area (Å²) in [6.07, 6.45) is 0.763. The second-order valence-electron chi connectivity index (χ2n) is 4.44. The molecule has 7 nitrogen and oxygen atoms in total. The summed E-state index contributed by atoms with van der Waals surface area (Å²) in [5.41, 5.74) is 5.51. The van der Waals surface area contributed by atoms with Gasteiger partial charge in [-0.05, 0) is 31.0 Å². The third-order valence-electron chi connectivity index (χ3n) is 2.85. The number of amides is 2. The standard InChI is InChI=1S/C14H18N2O5/c1-21-7-3-6-11(14(19)20)16-13(18)10-5-2-4-9(8-10)12(15)17/h2,4-5,8,11H,3,6-7H2,1H3,(H2,15,17)(H,16,18)(H,19,20). The summed E-state index contributed by atoms with van der Waals surface area (Å²) in [6.45, 7) is 0.414. The molecule has 21 heavy (non-hydrogen) atoms. The first-order chi connectivity index (χ1) is 9.95. The fourth-order valence-electron chi connectivity index (χ4n) is 1.74. The number of carbonyl (C=O) groups is 3. The van der Waals surface area contributed by atoms with Crippen LogP contribution >= 0.6 is 0 Å². The van der Waals surface area contributed by atoms with E-state index in [0.717, 1.165) is 0 Å². The van der Waals surface area contributed by atoms with Gasteiger partial charge in [-0.3, -0.25) is 9.59 Å². The quantitative estimate of drug-likeness (QED) is 0.599. The molecule has 0 radical (unpaired) electrons. The number of carboxylic acid groups (broad SMARTS) is 1. The minimum atomic E-state index is -1.12. The molecule has 0 saturated heterocycles. The van der Waals surface area contributed by atoms with Crippen molar-refractivity contribution in [2.24, 2.45) is 5.73 Å². The van der Waals surface area contributed by atoms with Crippen LogP contribution in [0.15, 0.2) is 24.3 Å². The second-order valence-corrected chi connectivity index (χ2v) is 4.44. The molecule has 0 heterocycles. The van der Waals surface area contributed by atoms with Gasteiger partial charge in [-0.1, -0.05) is 6.07 Å². The van der Waals surface area contributed by atoms with Crippen LogP contribution in [-0.4, -0.2) is 42.6 Å². The second kappa shape index (κ2) is 8.01. The Balaban J connectivity index is 2.75. The summed E-state index contributed by atoms with van der Waals surface area (Å²) < 4.78 is 4.85. The van der Waals surface area contributed by atoms with Crippen LogP contribution in [0.3, 0.4) is 0 Å². The normalized spacial score (nSPS) is 11.7. The first-order valence-corrected chi connectivity index (χ1v) is 6.38. The number of benzene rings is 1. The maximum absolute atomic E-state index is 12.0. The van der Waals surface area contributed by atoms with Gasteiger partial charge in [-0.2, -0.15) is 0 Å². The van der Waals surface area contributed by atoms with Gasteiger partial charge in [-0.25, -0.2) is 4.79 Å². The molecule has 0 fully saturated rings. The SMILES string of the molecule is COCCCC(NC(=O)c1cccc(C(N)=O)c1)C(=O)O. The van der Waals surface area contributed by atoms with Crippen LogP contribution in [0.2, 0.25) is 0 Å². The number of methoxy groups -OCH3 is 1. The van der Waals surface area contributed by atoms with Gasteiger partial charge in [0.2, 0.25) is 5.91 Å². The zero-order valence-corrected chi connectivity index (χ0v) is 11.7. The van der Waals surface area contributed by atoms with Crippen molar-refractivity contribution in [3.8, 4) is 0 Å². The molecular weight excluding hydrogens is 276 g/mol. The number of nitrogens with one attached hydrogen (secondary N) is 1. The van der Waals surface area contributed by atoms with E-state index >= 15 is 0 Å². The first kappa shape index (κ1) is 16.6. The monoisotopic (exact) mass is 294 g/mol. The summed E-state index contributed by atoms with van der Waals surface area (Å²) in [5, 5.41) is 11.5. The molecule has 114 valence electrons. The Bertz CT molecular complexity index is 530. The molecule has 0 saturated carbocycles. The zero-order chi connectivity index (χ0) is 15.8. The minimum absolute atomic E-state index is 0.185. The molecule has 2 amide bonds. The van der Waals surface area contributed by atoms with Crippen molar-refractivity contribution in [1.29, 1.82) is 0 Å². The molecule has 0 aliphatic heterocycles. The molecular formula is C14H18N2O5. The van der Waals surface area contributed by atoms with Gasteiger partial charge in [-0.15, -0.1) is 0 Å². The van der Waals surface area contributed by atoms with Crippen molar-refractivity contribution in [1.82, 2.24) is 5.32 Å². The average Bonchev–Trinajstić information content (AvgIpc) is 2.46. The Morgan fingerprint density at radius 3 is 2.57 bits per heavy atom. The molecule has 0 aromatic heterocycles. The predicted molar refractivity (Wildman–Crippen MR) is 75.0 cm³/mol. The van der Waals surface area contributed by atoms with E-state index in [1.807, 2.05) is 0 Å². The van der Waals surface area contributed by atoms with Crippen molar-refractivity contribution in [3.63, 3.8) is 0 Å². The fourth-order valence-corrected chi connectivity index (χ4v) is 1.74. The van der Waals surface area contributed by atoms with E-state index in [4.69, 9.17) is 15.6 Å². The molecule has 7 heteroatoms. The summed E-state index contributed by atoms with van der Waals surface area (Å²) >= 11 is 0. The van der Waals surface area contributed by atoms with Crippen molar-refractivity contribution < 1.29 is 24.2 Å².